The van der Waals surface area contributed by atoms with Crippen LogP contribution in [-0.2, 0) is 6.54 Å². The minimum Gasteiger partial charge on any atom is -0.444 e. The first kappa shape index (κ1) is 19.5. The molecule has 1 saturated heterocycles. The highest BCUT2D eigenvalue weighted by molar-refractivity contribution is 5.85. The molecule has 1 N–H and O–H groups in total. The van der Waals surface area contributed by atoms with E-state index in [0.29, 0.717) is 18.0 Å². The summed E-state index contributed by atoms with van der Waals surface area (Å²) < 4.78 is 32.5. The molecule has 1 atom stereocenters. The van der Waals surface area contributed by atoms with Gasteiger partial charge in [-0.2, -0.15) is 0 Å². The number of benzene rings is 2. The Morgan fingerprint density at radius 3 is 2.67 bits per heavy atom. The van der Waals surface area contributed by atoms with Gasteiger partial charge in [0.05, 0.1) is 5.69 Å². The predicted molar refractivity (Wildman–Crippen MR) is 102 cm³/mol. The Morgan fingerprint density at radius 2 is 1.89 bits per heavy atom. The Hall–Kier alpha value is -2.28. The van der Waals surface area contributed by atoms with Crippen molar-refractivity contribution in [2.45, 2.75) is 12.6 Å². The number of nitrogens with one attached hydrogen (secondary N) is 1. The lowest BCUT2D eigenvalue weighted by Crippen LogP contribution is -2.45. The Kier molecular flexibility index (Phi) is 6.21. The number of hydrogen-bond donors (Lipinski definition) is 1. The summed E-state index contributed by atoms with van der Waals surface area (Å²) in [6, 6.07) is 12.9. The molecule has 2 aromatic carbocycles. The second-order valence-electron chi connectivity index (χ2n) is 6.40. The fourth-order valence-electron chi connectivity index (χ4n) is 3.32. The molecule has 2 heterocycles. The maximum absolute atomic E-state index is 13.6. The summed E-state index contributed by atoms with van der Waals surface area (Å²) in [6.07, 6.45) is 1.60. The lowest BCUT2D eigenvalue weighted by atomic mass is 10.0. The van der Waals surface area contributed by atoms with E-state index in [9.17, 15) is 8.78 Å². The summed E-state index contributed by atoms with van der Waals surface area (Å²) in [6.45, 7) is 3.02. The van der Waals surface area contributed by atoms with E-state index in [1.807, 2.05) is 6.07 Å². The van der Waals surface area contributed by atoms with Gasteiger partial charge in [0, 0.05) is 37.8 Å². The standard InChI is InChI=1S/C20H19F2N3O.ClH/c21-16-5-1-3-14(9-16)19-11-23-7-8-25(19)12-18-13-26-20(24-18)15-4-2-6-17(22)10-15;/h1-6,9-10,13,19,23H,7-8,11-12H2;1H. The molecule has 1 aromatic heterocycles. The fraction of sp³-hybridized carbons (Fsp3) is 0.250. The van der Waals surface area contributed by atoms with Crippen LogP contribution in [0.5, 0.6) is 0 Å². The van der Waals surface area contributed by atoms with E-state index in [0.717, 1.165) is 30.9 Å². The number of aromatic nitrogens is 1. The lowest BCUT2D eigenvalue weighted by Gasteiger charge is -2.36. The first-order chi connectivity index (χ1) is 12.7. The van der Waals surface area contributed by atoms with Gasteiger partial charge in [0.2, 0.25) is 5.89 Å². The molecule has 0 aliphatic carbocycles. The van der Waals surface area contributed by atoms with Gasteiger partial charge in [-0.05, 0) is 35.9 Å². The maximum Gasteiger partial charge on any atom is 0.226 e. The highest BCUT2D eigenvalue weighted by Crippen LogP contribution is 2.26. The van der Waals surface area contributed by atoms with Crippen molar-refractivity contribution in [1.29, 1.82) is 0 Å². The molecule has 1 unspecified atom stereocenters. The topological polar surface area (TPSA) is 41.3 Å². The summed E-state index contributed by atoms with van der Waals surface area (Å²) in [5.74, 6) is -0.157. The molecule has 0 saturated carbocycles. The quantitative estimate of drug-likeness (QED) is 0.724. The molecule has 1 aliphatic rings. The third kappa shape index (κ3) is 4.53. The van der Waals surface area contributed by atoms with E-state index < -0.39 is 0 Å². The Labute approximate surface area is 162 Å². The van der Waals surface area contributed by atoms with Gasteiger partial charge in [0.15, 0.2) is 0 Å². The monoisotopic (exact) mass is 391 g/mol. The van der Waals surface area contributed by atoms with Gasteiger partial charge in [-0.25, -0.2) is 13.8 Å². The zero-order chi connectivity index (χ0) is 17.9. The van der Waals surface area contributed by atoms with Crippen molar-refractivity contribution < 1.29 is 13.2 Å². The normalized spacial score (nSPS) is 17.5. The highest BCUT2D eigenvalue weighted by Gasteiger charge is 2.25. The average molecular weight is 392 g/mol. The van der Waals surface area contributed by atoms with Crippen LogP contribution in [0.1, 0.15) is 17.3 Å². The number of halogens is 3. The summed E-state index contributed by atoms with van der Waals surface area (Å²) in [7, 11) is 0. The summed E-state index contributed by atoms with van der Waals surface area (Å²) in [5.41, 5.74) is 2.32. The summed E-state index contributed by atoms with van der Waals surface area (Å²) in [4.78, 5) is 6.74. The van der Waals surface area contributed by atoms with Crippen LogP contribution in [0, 0.1) is 11.6 Å². The van der Waals surface area contributed by atoms with Crippen molar-refractivity contribution in [3.05, 3.63) is 77.7 Å². The second kappa shape index (κ2) is 8.61. The molecule has 1 fully saturated rings. The smallest absolute Gasteiger partial charge is 0.226 e. The number of oxazole rings is 1. The number of nitrogens with zero attached hydrogens (tertiary/aromatic N) is 2. The first-order valence-corrected chi connectivity index (χ1v) is 8.59. The average Bonchev–Trinajstić information content (AvgIpc) is 3.11. The molecule has 1 aliphatic heterocycles. The van der Waals surface area contributed by atoms with Crippen molar-refractivity contribution in [2.24, 2.45) is 0 Å². The Balaban J connectivity index is 0.00000210. The molecular weight excluding hydrogens is 372 g/mol. The fourth-order valence-corrected chi connectivity index (χ4v) is 3.32. The number of hydrogen-bond acceptors (Lipinski definition) is 4. The van der Waals surface area contributed by atoms with Crippen LogP contribution in [-0.4, -0.2) is 29.5 Å². The van der Waals surface area contributed by atoms with Gasteiger partial charge in [-0.15, -0.1) is 12.4 Å². The minimum absolute atomic E-state index is 0. The molecule has 4 nitrogen and oxygen atoms in total. The van der Waals surface area contributed by atoms with Crippen LogP contribution in [0.4, 0.5) is 8.78 Å². The van der Waals surface area contributed by atoms with E-state index in [-0.39, 0.29) is 30.1 Å². The molecule has 7 heteroatoms. The van der Waals surface area contributed by atoms with Crippen LogP contribution in [0.3, 0.4) is 0 Å². The molecule has 4 rings (SSSR count). The first-order valence-electron chi connectivity index (χ1n) is 8.59. The summed E-state index contributed by atoms with van der Waals surface area (Å²) >= 11 is 0. The van der Waals surface area contributed by atoms with Gasteiger partial charge in [0.1, 0.15) is 17.9 Å². The maximum atomic E-state index is 13.6. The van der Waals surface area contributed by atoms with Crippen molar-refractivity contribution in [3.8, 4) is 11.5 Å². The molecular formula is C20H20ClF2N3O. The number of rotatable bonds is 4. The van der Waals surface area contributed by atoms with Crippen molar-refractivity contribution in [1.82, 2.24) is 15.2 Å². The van der Waals surface area contributed by atoms with E-state index in [1.165, 1.54) is 18.2 Å². The summed E-state index contributed by atoms with van der Waals surface area (Å²) in [5, 5.41) is 3.36. The van der Waals surface area contributed by atoms with Gasteiger partial charge in [0.25, 0.3) is 0 Å². The molecule has 0 radical (unpaired) electrons. The third-order valence-corrected chi connectivity index (χ3v) is 4.58. The van der Waals surface area contributed by atoms with Crippen molar-refractivity contribution in [3.63, 3.8) is 0 Å². The molecule has 142 valence electrons. The van der Waals surface area contributed by atoms with Crippen molar-refractivity contribution >= 4 is 12.4 Å². The van der Waals surface area contributed by atoms with Crippen molar-refractivity contribution in [2.75, 3.05) is 19.6 Å². The van der Waals surface area contributed by atoms with Crippen LogP contribution in [0.15, 0.2) is 59.2 Å². The highest BCUT2D eigenvalue weighted by atomic mass is 35.5. The van der Waals surface area contributed by atoms with E-state index in [1.54, 1.807) is 30.5 Å². The van der Waals surface area contributed by atoms with Crippen LogP contribution >= 0.6 is 12.4 Å². The van der Waals surface area contributed by atoms with Crippen LogP contribution in [0.2, 0.25) is 0 Å². The van der Waals surface area contributed by atoms with E-state index >= 15 is 0 Å². The molecule has 3 aromatic rings. The van der Waals surface area contributed by atoms with E-state index in [4.69, 9.17) is 4.42 Å². The minimum atomic E-state index is -0.324. The largest absolute Gasteiger partial charge is 0.444 e. The van der Waals surface area contributed by atoms with E-state index in [2.05, 4.69) is 15.2 Å². The molecule has 0 amide bonds. The molecule has 27 heavy (non-hydrogen) atoms. The number of piperazine rings is 1. The second-order valence-corrected chi connectivity index (χ2v) is 6.40. The van der Waals surface area contributed by atoms with Gasteiger partial charge in [-0.1, -0.05) is 18.2 Å². The van der Waals surface area contributed by atoms with Crippen LogP contribution in [0.25, 0.3) is 11.5 Å². The van der Waals surface area contributed by atoms with Gasteiger partial charge >= 0.3 is 0 Å². The molecule has 0 bridgehead atoms. The SMILES string of the molecule is Cl.Fc1cccc(-c2nc(CN3CCNCC3c3cccc(F)c3)co2)c1. The zero-order valence-electron chi connectivity index (χ0n) is 14.6. The Bertz CT molecular complexity index is 902. The predicted octanol–water partition coefficient (Wildman–Crippen LogP) is 4.19. The van der Waals surface area contributed by atoms with Crippen LogP contribution < -0.4 is 5.32 Å². The van der Waals surface area contributed by atoms with Gasteiger partial charge in [-0.3, -0.25) is 4.90 Å². The lowest BCUT2D eigenvalue weighted by molar-refractivity contribution is 0.151. The zero-order valence-corrected chi connectivity index (χ0v) is 15.4. The molecule has 0 spiro atoms. The third-order valence-electron chi connectivity index (χ3n) is 4.58. The Morgan fingerprint density at radius 1 is 1.11 bits per heavy atom. The van der Waals surface area contributed by atoms with Gasteiger partial charge < -0.3 is 9.73 Å².